The minimum Gasteiger partial charge on any atom is -0.486 e. The number of hydrogen-bond acceptors (Lipinski definition) is 4. The van der Waals surface area contributed by atoms with Gasteiger partial charge in [0, 0.05) is 0 Å². The van der Waals surface area contributed by atoms with E-state index in [4.69, 9.17) is 9.15 Å². The molecule has 0 aliphatic heterocycles. The van der Waals surface area contributed by atoms with Crippen LogP contribution in [0.4, 0.5) is 0 Å². The largest absolute Gasteiger partial charge is 0.486 e. The lowest BCUT2D eigenvalue weighted by Crippen LogP contribution is -1.98. The molecule has 4 nitrogen and oxygen atoms in total. The Balaban J connectivity index is 1.96. The molecule has 0 bridgehead atoms. The predicted molar refractivity (Wildman–Crippen MR) is 59.7 cm³/mol. The van der Waals surface area contributed by atoms with Crippen LogP contribution in [0, 0.1) is 6.07 Å². The van der Waals surface area contributed by atoms with Crippen LogP contribution < -0.4 is 4.74 Å². The molecule has 0 atom stereocenters. The summed E-state index contributed by atoms with van der Waals surface area (Å²) in [6, 6.07) is 13.2. The molecule has 0 spiro atoms. The van der Waals surface area contributed by atoms with Gasteiger partial charge in [-0.1, -0.05) is 12.1 Å². The molecule has 1 radical (unpaired) electrons. The summed E-state index contributed by atoms with van der Waals surface area (Å²) in [5.74, 6) is 0.969. The first-order valence-corrected chi connectivity index (χ1v) is 5.05. The number of hydrogen-bond donors (Lipinski definition) is 0. The van der Waals surface area contributed by atoms with E-state index in [-0.39, 0.29) is 12.4 Å². The molecule has 4 heteroatoms. The van der Waals surface area contributed by atoms with E-state index in [9.17, 15) is 4.79 Å². The van der Waals surface area contributed by atoms with Crippen molar-refractivity contribution in [2.75, 3.05) is 7.11 Å². The average molecular weight is 231 g/mol. The molecule has 0 saturated carbocycles. The topological polar surface area (TPSA) is 48.7 Å². The molecular formula is C13H11O4. The monoisotopic (exact) mass is 231 g/mol. The summed E-state index contributed by atoms with van der Waals surface area (Å²) in [6.45, 7) is 0.265. The summed E-state index contributed by atoms with van der Waals surface area (Å²) < 4.78 is 15.2. The number of rotatable bonds is 4. The third-order valence-corrected chi connectivity index (χ3v) is 2.12. The first-order valence-electron chi connectivity index (χ1n) is 5.05. The zero-order valence-electron chi connectivity index (χ0n) is 9.30. The number of furan rings is 1. The molecule has 0 saturated heterocycles. The zero-order valence-corrected chi connectivity index (χ0v) is 9.30. The molecule has 0 aliphatic carbocycles. The van der Waals surface area contributed by atoms with E-state index >= 15 is 0 Å². The van der Waals surface area contributed by atoms with Crippen LogP contribution in [-0.2, 0) is 11.3 Å². The maximum Gasteiger partial charge on any atom is 0.373 e. The average Bonchev–Trinajstić information content (AvgIpc) is 2.85. The van der Waals surface area contributed by atoms with Crippen molar-refractivity contribution in [2.24, 2.45) is 0 Å². The Hall–Kier alpha value is -2.23. The molecule has 87 valence electrons. The smallest absolute Gasteiger partial charge is 0.373 e. The fraction of sp³-hybridized carbons (Fsp3) is 0.154. The lowest BCUT2D eigenvalue weighted by molar-refractivity contribution is 0.0561. The summed E-state index contributed by atoms with van der Waals surface area (Å²) in [5, 5.41) is 0. The van der Waals surface area contributed by atoms with E-state index < -0.39 is 5.97 Å². The van der Waals surface area contributed by atoms with Gasteiger partial charge in [0.15, 0.2) is 0 Å². The third-order valence-electron chi connectivity index (χ3n) is 2.12. The highest BCUT2D eigenvalue weighted by atomic mass is 16.5. The van der Waals surface area contributed by atoms with Crippen LogP contribution in [0.2, 0.25) is 0 Å². The number of esters is 1. The summed E-state index contributed by atoms with van der Waals surface area (Å²) in [5.41, 5.74) is 0. The van der Waals surface area contributed by atoms with Crippen LogP contribution in [0.15, 0.2) is 40.8 Å². The highest BCUT2D eigenvalue weighted by Crippen LogP contribution is 2.14. The lowest BCUT2D eigenvalue weighted by Gasteiger charge is -2.02. The first-order chi connectivity index (χ1) is 8.29. The van der Waals surface area contributed by atoms with E-state index in [1.54, 1.807) is 36.4 Å². The SMILES string of the molecule is COC(=O)c1ccc(COc2cc[c]cc2)o1. The number of methoxy groups -OCH3 is 1. The number of ether oxygens (including phenoxy) is 2. The Morgan fingerprint density at radius 2 is 2.06 bits per heavy atom. The van der Waals surface area contributed by atoms with Crippen molar-refractivity contribution >= 4 is 5.97 Å². The van der Waals surface area contributed by atoms with Crippen molar-refractivity contribution in [1.82, 2.24) is 0 Å². The van der Waals surface area contributed by atoms with Crippen molar-refractivity contribution in [2.45, 2.75) is 6.61 Å². The maximum atomic E-state index is 11.1. The Kier molecular flexibility index (Phi) is 3.45. The summed E-state index contributed by atoms with van der Waals surface area (Å²) in [6.07, 6.45) is 0. The molecule has 1 aromatic carbocycles. The quantitative estimate of drug-likeness (QED) is 0.758. The summed E-state index contributed by atoms with van der Waals surface area (Å²) >= 11 is 0. The standard InChI is InChI=1S/C13H11O4/c1-15-13(14)12-8-7-11(17-12)9-16-10-5-3-2-4-6-10/h3-8H,9H2,1H3. The van der Waals surface area contributed by atoms with Crippen LogP contribution in [0.1, 0.15) is 16.3 Å². The van der Waals surface area contributed by atoms with Crippen LogP contribution in [0.25, 0.3) is 0 Å². The molecule has 17 heavy (non-hydrogen) atoms. The van der Waals surface area contributed by atoms with E-state index in [1.165, 1.54) is 7.11 Å². The molecule has 0 aliphatic rings. The molecule has 0 amide bonds. The minimum absolute atomic E-state index is 0.174. The summed E-state index contributed by atoms with van der Waals surface area (Å²) in [7, 11) is 1.31. The number of carbonyl (C=O) groups excluding carboxylic acids is 1. The van der Waals surface area contributed by atoms with Crippen molar-refractivity contribution in [3.05, 3.63) is 54.0 Å². The van der Waals surface area contributed by atoms with Crippen molar-refractivity contribution in [1.29, 1.82) is 0 Å². The fourth-order valence-electron chi connectivity index (χ4n) is 1.29. The Morgan fingerprint density at radius 3 is 2.76 bits per heavy atom. The lowest BCUT2D eigenvalue weighted by atomic mass is 10.3. The molecule has 0 N–H and O–H groups in total. The second-order valence-corrected chi connectivity index (χ2v) is 3.28. The van der Waals surface area contributed by atoms with Crippen LogP contribution >= 0.6 is 0 Å². The maximum absolute atomic E-state index is 11.1. The van der Waals surface area contributed by atoms with E-state index in [0.717, 1.165) is 5.75 Å². The number of carbonyl (C=O) groups is 1. The van der Waals surface area contributed by atoms with Gasteiger partial charge in [0.1, 0.15) is 18.1 Å². The Labute approximate surface area is 98.8 Å². The molecule has 1 aromatic heterocycles. The second kappa shape index (κ2) is 5.21. The van der Waals surface area contributed by atoms with Gasteiger partial charge in [0.25, 0.3) is 0 Å². The molecule has 0 fully saturated rings. The minimum atomic E-state index is -0.495. The molecule has 1 heterocycles. The number of benzene rings is 1. The molecule has 2 rings (SSSR count). The fourth-order valence-corrected chi connectivity index (χ4v) is 1.29. The Morgan fingerprint density at radius 1 is 1.29 bits per heavy atom. The summed E-state index contributed by atoms with van der Waals surface area (Å²) in [4.78, 5) is 11.1. The highest BCUT2D eigenvalue weighted by molar-refractivity contribution is 5.86. The van der Waals surface area contributed by atoms with Crippen LogP contribution in [0.3, 0.4) is 0 Å². The van der Waals surface area contributed by atoms with Crippen LogP contribution in [-0.4, -0.2) is 13.1 Å². The molecule has 2 aromatic rings. The normalized spacial score (nSPS) is 9.94. The van der Waals surface area contributed by atoms with E-state index in [2.05, 4.69) is 10.8 Å². The van der Waals surface area contributed by atoms with Gasteiger partial charge in [-0.3, -0.25) is 0 Å². The van der Waals surface area contributed by atoms with E-state index in [0.29, 0.717) is 5.76 Å². The molecular weight excluding hydrogens is 220 g/mol. The van der Waals surface area contributed by atoms with Gasteiger partial charge in [-0.15, -0.1) is 0 Å². The van der Waals surface area contributed by atoms with Gasteiger partial charge in [0.2, 0.25) is 5.76 Å². The van der Waals surface area contributed by atoms with Crippen molar-refractivity contribution in [3.63, 3.8) is 0 Å². The van der Waals surface area contributed by atoms with Crippen molar-refractivity contribution < 1.29 is 18.7 Å². The van der Waals surface area contributed by atoms with E-state index in [1.807, 2.05) is 0 Å². The first kappa shape index (κ1) is 11.3. The van der Waals surface area contributed by atoms with Gasteiger partial charge in [-0.25, -0.2) is 4.79 Å². The van der Waals surface area contributed by atoms with Gasteiger partial charge in [-0.2, -0.15) is 0 Å². The van der Waals surface area contributed by atoms with Crippen LogP contribution in [0.5, 0.6) is 5.75 Å². The van der Waals surface area contributed by atoms with Gasteiger partial charge in [-0.05, 0) is 30.3 Å². The predicted octanol–water partition coefficient (Wildman–Crippen LogP) is 2.45. The van der Waals surface area contributed by atoms with Gasteiger partial charge >= 0.3 is 5.97 Å². The highest BCUT2D eigenvalue weighted by Gasteiger charge is 2.11. The van der Waals surface area contributed by atoms with Gasteiger partial charge < -0.3 is 13.9 Å². The van der Waals surface area contributed by atoms with Gasteiger partial charge in [0.05, 0.1) is 7.11 Å². The Bertz CT molecular complexity index is 487. The molecule has 0 unspecified atom stereocenters. The third kappa shape index (κ3) is 2.87. The zero-order chi connectivity index (χ0) is 12.1. The second-order valence-electron chi connectivity index (χ2n) is 3.28. The van der Waals surface area contributed by atoms with Crippen molar-refractivity contribution in [3.8, 4) is 5.75 Å².